The van der Waals surface area contributed by atoms with E-state index in [4.69, 9.17) is 0 Å². The highest BCUT2D eigenvalue weighted by Gasteiger charge is 2.04. The zero-order valence-electron chi connectivity index (χ0n) is 11.8. The van der Waals surface area contributed by atoms with E-state index in [9.17, 15) is 0 Å². The van der Waals surface area contributed by atoms with E-state index in [0.29, 0.717) is 0 Å². The summed E-state index contributed by atoms with van der Waals surface area (Å²) in [6, 6.07) is 15.0. The first kappa shape index (κ1) is 13.3. The molecule has 0 saturated carbocycles. The number of hydrogen-bond donors (Lipinski definition) is 1. The van der Waals surface area contributed by atoms with Gasteiger partial charge in [-0.15, -0.1) is 11.3 Å². The van der Waals surface area contributed by atoms with Crippen LogP contribution in [-0.2, 0) is 13.1 Å². The Balaban J connectivity index is 1.71. The first-order chi connectivity index (χ1) is 9.74. The van der Waals surface area contributed by atoms with E-state index in [1.165, 1.54) is 26.2 Å². The van der Waals surface area contributed by atoms with Crippen molar-refractivity contribution < 1.29 is 0 Å². The number of rotatable bonds is 4. The van der Waals surface area contributed by atoms with Crippen LogP contribution in [0.5, 0.6) is 0 Å². The number of hydrogen-bond acceptors (Lipinski definition) is 3. The van der Waals surface area contributed by atoms with E-state index >= 15 is 0 Å². The van der Waals surface area contributed by atoms with Gasteiger partial charge >= 0.3 is 0 Å². The third kappa shape index (κ3) is 2.74. The molecule has 2 aromatic carbocycles. The molecule has 0 bridgehead atoms. The minimum absolute atomic E-state index is 0.836. The number of aromatic nitrogens is 1. The molecule has 1 aromatic heterocycles. The summed E-state index contributed by atoms with van der Waals surface area (Å²) in [5, 5.41) is 7.29. The molecule has 0 aliphatic rings. The standard InChI is InChI=1S/C17H18N2S/c1-12-13(2)20-17(19-12)11-18-10-15-8-5-7-14-6-3-4-9-16(14)15/h3-9,18H,10-11H2,1-2H3. The van der Waals surface area contributed by atoms with Crippen LogP contribution in [0.4, 0.5) is 0 Å². The fraction of sp³-hybridized carbons (Fsp3) is 0.235. The molecule has 1 N–H and O–H groups in total. The average Bonchev–Trinajstić information content (AvgIpc) is 2.78. The molecule has 3 aromatic rings. The molecule has 0 radical (unpaired) electrons. The molecule has 2 nitrogen and oxygen atoms in total. The largest absolute Gasteiger partial charge is 0.306 e. The minimum atomic E-state index is 0.836. The normalized spacial score (nSPS) is 11.1. The number of fused-ring (bicyclic) bond motifs is 1. The molecular weight excluding hydrogens is 264 g/mol. The number of nitrogens with one attached hydrogen (secondary N) is 1. The molecule has 0 saturated heterocycles. The fourth-order valence-corrected chi connectivity index (χ4v) is 3.27. The van der Waals surface area contributed by atoms with Gasteiger partial charge in [-0.05, 0) is 30.2 Å². The molecule has 0 amide bonds. The van der Waals surface area contributed by atoms with Crippen molar-refractivity contribution in [3.05, 3.63) is 63.6 Å². The van der Waals surface area contributed by atoms with Crippen molar-refractivity contribution in [3.63, 3.8) is 0 Å². The number of thiazole rings is 1. The lowest BCUT2D eigenvalue weighted by Crippen LogP contribution is -2.12. The van der Waals surface area contributed by atoms with Crippen molar-refractivity contribution in [2.45, 2.75) is 26.9 Å². The SMILES string of the molecule is Cc1nc(CNCc2cccc3ccccc23)sc1C. The molecule has 3 rings (SSSR count). The summed E-state index contributed by atoms with van der Waals surface area (Å²) in [5.41, 5.74) is 2.49. The quantitative estimate of drug-likeness (QED) is 0.775. The van der Waals surface area contributed by atoms with Gasteiger partial charge < -0.3 is 5.32 Å². The Hall–Kier alpha value is -1.71. The maximum atomic E-state index is 4.56. The minimum Gasteiger partial charge on any atom is -0.306 e. The lowest BCUT2D eigenvalue weighted by molar-refractivity contribution is 0.692. The summed E-state index contributed by atoms with van der Waals surface area (Å²) in [4.78, 5) is 5.87. The molecular formula is C17H18N2S. The second kappa shape index (κ2) is 5.73. The van der Waals surface area contributed by atoms with Crippen molar-refractivity contribution in [3.8, 4) is 0 Å². The van der Waals surface area contributed by atoms with E-state index in [-0.39, 0.29) is 0 Å². The van der Waals surface area contributed by atoms with Gasteiger partial charge in [0.1, 0.15) is 5.01 Å². The molecule has 0 fully saturated rings. The zero-order chi connectivity index (χ0) is 13.9. The third-order valence-corrected chi connectivity index (χ3v) is 4.62. The molecule has 20 heavy (non-hydrogen) atoms. The van der Waals surface area contributed by atoms with E-state index in [2.05, 4.69) is 66.6 Å². The van der Waals surface area contributed by atoms with Crippen LogP contribution in [0.1, 0.15) is 21.1 Å². The van der Waals surface area contributed by atoms with Crippen LogP contribution in [0.25, 0.3) is 10.8 Å². The van der Waals surface area contributed by atoms with E-state index in [1.807, 2.05) is 0 Å². The highest BCUT2D eigenvalue weighted by molar-refractivity contribution is 7.11. The number of benzene rings is 2. The van der Waals surface area contributed by atoms with Gasteiger partial charge in [0.25, 0.3) is 0 Å². The van der Waals surface area contributed by atoms with Crippen LogP contribution in [0.15, 0.2) is 42.5 Å². The summed E-state index contributed by atoms with van der Waals surface area (Å²) >= 11 is 1.78. The topological polar surface area (TPSA) is 24.9 Å². The smallest absolute Gasteiger partial charge is 0.107 e. The van der Waals surface area contributed by atoms with E-state index in [0.717, 1.165) is 18.8 Å². The van der Waals surface area contributed by atoms with Crippen LogP contribution in [0.3, 0.4) is 0 Å². The molecule has 102 valence electrons. The Kier molecular flexibility index (Phi) is 3.81. The Morgan fingerprint density at radius 2 is 1.80 bits per heavy atom. The molecule has 0 aliphatic carbocycles. The van der Waals surface area contributed by atoms with Crippen molar-refractivity contribution >= 4 is 22.1 Å². The van der Waals surface area contributed by atoms with Gasteiger partial charge in [0.2, 0.25) is 0 Å². The third-order valence-electron chi connectivity index (χ3n) is 3.54. The van der Waals surface area contributed by atoms with Crippen LogP contribution in [-0.4, -0.2) is 4.98 Å². The van der Waals surface area contributed by atoms with Gasteiger partial charge in [-0.3, -0.25) is 0 Å². The van der Waals surface area contributed by atoms with E-state index in [1.54, 1.807) is 11.3 Å². The van der Waals surface area contributed by atoms with Gasteiger partial charge in [0, 0.05) is 18.0 Å². The molecule has 1 heterocycles. The highest BCUT2D eigenvalue weighted by Crippen LogP contribution is 2.19. The van der Waals surface area contributed by atoms with Crippen LogP contribution in [0, 0.1) is 13.8 Å². The Labute approximate surface area is 123 Å². The van der Waals surface area contributed by atoms with Crippen molar-refractivity contribution in [2.24, 2.45) is 0 Å². The molecule has 0 aliphatic heterocycles. The highest BCUT2D eigenvalue weighted by atomic mass is 32.1. The maximum Gasteiger partial charge on any atom is 0.107 e. The Bertz CT molecular complexity index is 706. The first-order valence-corrected chi connectivity index (χ1v) is 7.66. The summed E-state index contributed by atoms with van der Waals surface area (Å²) < 4.78 is 0. The monoisotopic (exact) mass is 282 g/mol. The molecule has 0 spiro atoms. The summed E-state index contributed by atoms with van der Waals surface area (Å²) in [5.74, 6) is 0. The zero-order valence-corrected chi connectivity index (χ0v) is 12.6. The molecule has 3 heteroatoms. The van der Waals surface area contributed by atoms with Crippen LogP contribution < -0.4 is 5.32 Å². The van der Waals surface area contributed by atoms with Crippen molar-refractivity contribution in [2.75, 3.05) is 0 Å². The molecule has 0 unspecified atom stereocenters. The van der Waals surface area contributed by atoms with Crippen molar-refractivity contribution in [1.29, 1.82) is 0 Å². The lowest BCUT2D eigenvalue weighted by atomic mass is 10.0. The fourth-order valence-electron chi connectivity index (χ4n) is 2.37. The summed E-state index contributed by atoms with van der Waals surface area (Å²) in [6.45, 7) is 5.91. The van der Waals surface area contributed by atoms with Gasteiger partial charge in [0.15, 0.2) is 0 Å². The number of aryl methyl sites for hydroxylation is 2. The maximum absolute atomic E-state index is 4.56. The average molecular weight is 282 g/mol. The molecule has 0 atom stereocenters. The predicted octanol–water partition coefficient (Wildman–Crippen LogP) is 4.20. The Morgan fingerprint density at radius 3 is 2.60 bits per heavy atom. The van der Waals surface area contributed by atoms with Gasteiger partial charge in [-0.1, -0.05) is 42.5 Å². The van der Waals surface area contributed by atoms with Crippen molar-refractivity contribution in [1.82, 2.24) is 10.3 Å². The van der Waals surface area contributed by atoms with Gasteiger partial charge in [0.05, 0.1) is 5.69 Å². The lowest BCUT2D eigenvalue weighted by Gasteiger charge is -2.07. The number of nitrogens with zero attached hydrogens (tertiary/aromatic N) is 1. The summed E-state index contributed by atoms with van der Waals surface area (Å²) in [7, 11) is 0. The van der Waals surface area contributed by atoms with E-state index < -0.39 is 0 Å². The van der Waals surface area contributed by atoms with Crippen LogP contribution in [0.2, 0.25) is 0 Å². The van der Waals surface area contributed by atoms with Crippen LogP contribution >= 0.6 is 11.3 Å². The predicted molar refractivity (Wildman–Crippen MR) is 86.1 cm³/mol. The van der Waals surface area contributed by atoms with Gasteiger partial charge in [-0.25, -0.2) is 4.98 Å². The first-order valence-electron chi connectivity index (χ1n) is 6.84. The second-order valence-corrected chi connectivity index (χ2v) is 6.28. The van der Waals surface area contributed by atoms with Gasteiger partial charge in [-0.2, -0.15) is 0 Å². The second-order valence-electron chi connectivity index (χ2n) is 4.99. The summed E-state index contributed by atoms with van der Waals surface area (Å²) in [6.07, 6.45) is 0. The Morgan fingerprint density at radius 1 is 1.00 bits per heavy atom.